The van der Waals surface area contributed by atoms with Gasteiger partial charge in [0.1, 0.15) is 5.75 Å². The molecule has 0 aromatic heterocycles. The van der Waals surface area contributed by atoms with Gasteiger partial charge in [0.2, 0.25) is 0 Å². The average molecular weight is 319 g/mol. The Kier molecular flexibility index (Phi) is 4.25. The van der Waals surface area contributed by atoms with Crippen molar-refractivity contribution in [2.75, 3.05) is 6.61 Å². The van der Waals surface area contributed by atoms with E-state index in [0.717, 1.165) is 0 Å². The highest BCUT2D eigenvalue weighted by atomic mass is 35.7. The Morgan fingerprint density at radius 2 is 2.20 bits per heavy atom. The number of ether oxygens (including phenoxy) is 2. The molecule has 5 nitrogen and oxygen atoms in total. The Bertz CT molecular complexity index is 624. The lowest BCUT2D eigenvalue weighted by atomic mass is 10.1. The summed E-state index contributed by atoms with van der Waals surface area (Å²) in [6.45, 7) is 4.21. The van der Waals surface area contributed by atoms with Crippen molar-refractivity contribution in [1.82, 2.24) is 0 Å². The van der Waals surface area contributed by atoms with Gasteiger partial charge in [-0.25, -0.2) is 13.2 Å². The van der Waals surface area contributed by atoms with Gasteiger partial charge >= 0.3 is 5.97 Å². The van der Waals surface area contributed by atoms with Crippen LogP contribution in [-0.4, -0.2) is 27.1 Å². The predicted octanol–water partition coefficient (Wildman–Crippen LogP) is 2.12. The molecule has 0 bridgehead atoms. The second-order valence-corrected chi connectivity index (χ2v) is 7.61. The zero-order chi connectivity index (χ0) is 14.9. The topological polar surface area (TPSA) is 69.7 Å². The summed E-state index contributed by atoms with van der Waals surface area (Å²) >= 11 is 0. The Labute approximate surface area is 122 Å². The van der Waals surface area contributed by atoms with E-state index in [1.807, 2.05) is 13.8 Å². The van der Waals surface area contributed by atoms with Crippen LogP contribution in [-0.2, 0) is 25.0 Å². The van der Waals surface area contributed by atoms with Crippen LogP contribution >= 0.6 is 10.7 Å². The van der Waals surface area contributed by atoms with Crippen LogP contribution in [0.1, 0.15) is 19.4 Å². The van der Waals surface area contributed by atoms with Crippen LogP contribution in [0.2, 0.25) is 0 Å². The number of fused-ring (bicyclic) bond motifs is 1. The molecule has 0 saturated carbocycles. The van der Waals surface area contributed by atoms with Gasteiger partial charge in [0, 0.05) is 17.1 Å². The summed E-state index contributed by atoms with van der Waals surface area (Å²) in [7, 11) is 1.50. The lowest BCUT2D eigenvalue weighted by Crippen LogP contribution is -2.28. The maximum absolute atomic E-state index is 11.8. The monoisotopic (exact) mass is 318 g/mol. The van der Waals surface area contributed by atoms with Crippen molar-refractivity contribution in [2.24, 2.45) is 5.92 Å². The van der Waals surface area contributed by atoms with E-state index in [1.165, 1.54) is 18.2 Å². The van der Waals surface area contributed by atoms with Gasteiger partial charge in [-0.05, 0) is 29.7 Å². The summed E-state index contributed by atoms with van der Waals surface area (Å²) in [4.78, 5) is 11.8. The van der Waals surface area contributed by atoms with Crippen LogP contribution in [0.3, 0.4) is 0 Å². The summed E-state index contributed by atoms with van der Waals surface area (Å²) in [5.74, 6) is 0.293. The first kappa shape index (κ1) is 15.1. The number of carbonyl (C=O) groups excluding carboxylic acids is 1. The molecule has 0 spiro atoms. The van der Waals surface area contributed by atoms with Gasteiger partial charge in [-0.1, -0.05) is 13.8 Å². The van der Waals surface area contributed by atoms with Gasteiger partial charge in [0.05, 0.1) is 11.5 Å². The molecule has 1 heterocycles. The molecule has 1 aromatic rings. The van der Waals surface area contributed by atoms with Gasteiger partial charge in [0.25, 0.3) is 9.05 Å². The molecule has 0 aliphatic carbocycles. The Morgan fingerprint density at radius 3 is 2.80 bits per heavy atom. The van der Waals surface area contributed by atoms with Crippen molar-refractivity contribution in [3.05, 3.63) is 23.8 Å². The maximum atomic E-state index is 11.8. The van der Waals surface area contributed by atoms with E-state index in [0.29, 0.717) is 17.9 Å². The van der Waals surface area contributed by atoms with Gasteiger partial charge in [-0.3, -0.25) is 0 Å². The van der Waals surface area contributed by atoms with Crippen LogP contribution in [0.15, 0.2) is 23.1 Å². The number of hydrogen-bond acceptors (Lipinski definition) is 5. The van der Waals surface area contributed by atoms with Crippen LogP contribution in [0.25, 0.3) is 0 Å². The Balaban J connectivity index is 2.10. The molecular weight excluding hydrogens is 304 g/mol. The van der Waals surface area contributed by atoms with Crippen molar-refractivity contribution in [1.29, 1.82) is 0 Å². The Morgan fingerprint density at radius 1 is 1.50 bits per heavy atom. The fourth-order valence-electron chi connectivity index (χ4n) is 1.85. The van der Waals surface area contributed by atoms with E-state index in [-0.39, 0.29) is 17.2 Å². The van der Waals surface area contributed by atoms with Gasteiger partial charge < -0.3 is 9.47 Å². The van der Waals surface area contributed by atoms with E-state index < -0.39 is 21.1 Å². The van der Waals surface area contributed by atoms with E-state index >= 15 is 0 Å². The normalized spacial score (nSPS) is 17.7. The average Bonchev–Trinajstić information content (AvgIpc) is 2.77. The highest BCUT2D eigenvalue weighted by molar-refractivity contribution is 8.13. The van der Waals surface area contributed by atoms with E-state index in [1.54, 1.807) is 0 Å². The summed E-state index contributed by atoms with van der Waals surface area (Å²) < 4.78 is 33.1. The number of halogens is 1. The quantitative estimate of drug-likeness (QED) is 0.628. The molecule has 1 atom stereocenters. The van der Waals surface area contributed by atoms with Crippen LogP contribution in [0, 0.1) is 5.92 Å². The van der Waals surface area contributed by atoms with Crippen molar-refractivity contribution in [2.45, 2.75) is 31.3 Å². The molecule has 0 radical (unpaired) electrons. The van der Waals surface area contributed by atoms with Crippen molar-refractivity contribution in [3.8, 4) is 5.75 Å². The van der Waals surface area contributed by atoms with E-state index in [9.17, 15) is 13.2 Å². The number of hydrogen-bond donors (Lipinski definition) is 0. The highest BCUT2D eigenvalue weighted by Gasteiger charge is 2.31. The first-order chi connectivity index (χ1) is 9.27. The lowest BCUT2D eigenvalue weighted by Gasteiger charge is -2.11. The summed E-state index contributed by atoms with van der Waals surface area (Å²) in [5, 5.41) is 0. The van der Waals surface area contributed by atoms with Crippen LogP contribution in [0.5, 0.6) is 5.75 Å². The smallest absolute Gasteiger partial charge is 0.347 e. The number of benzene rings is 1. The fraction of sp³-hybridized carbons (Fsp3) is 0.462. The minimum Gasteiger partial charge on any atom is -0.478 e. The molecule has 0 saturated heterocycles. The summed E-state index contributed by atoms with van der Waals surface area (Å²) in [6, 6.07) is 4.27. The second-order valence-electron chi connectivity index (χ2n) is 5.04. The number of carbonyl (C=O) groups is 1. The van der Waals surface area contributed by atoms with Gasteiger partial charge in [-0.15, -0.1) is 0 Å². The molecule has 1 aliphatic heterocycles. The highest BCUT2D eigenvalue weighted by Crippen LogP contribution is 2.32. The van der Waals surface area contributed by atoms with Gasteiger partial charge in [0.15, 0.2) is 6.10 Å². The zero-order valence-corrected chi connectivity index (χ0v) is 12.7. The third-order valence-corrected chi connectivity index (χ3v) is 4.16. The maximum Gasteiger partial charge on any atom is 0.347 e. The first-order valence-electron chi connectivity index (χ1n) is 6.18. The van der Waals surface area contributed by atoms with Crippen LogP contribution < -0.4 is 4.74 Å². The molecule has 7 heteroatoms. The van der Waals surface area contributed by atoms with Crippen molar-refractivity contribution >= 4 is 25.7 Å². The minimum absolute atomic E-state index is 0.00212. The Hall–Kier alpha value is -1.27. The minimum atomic E-state index is -3.78. The molecule has 0 amide bonds. The standard InChI is InChI=1S/C13H15ClO5S/c1-8(2)7-18-13(15)12-6-9-5-10(20(14,16)17)3-4-11(9)19-12/h3-5,8,12H,6-7H2,1-2H3. The SMILES string of the molecule is CC(C)COC(=O)C1Cc2cc(S(=O)(=O)Cl)ccc2O1. The molecule has 110 valence electrons. The molecule has 1 aliphatic rings. The molecule has 1 aromatic carbocycles. The predicted molar refractivity (Wildman–Crippen MR) is 73.4 cm³/mol. The molecule has 0 N–H and O–H groups in total. The van der Waals surface area contributed by atoms with E-state index in [4.69, 9.17) is 20.2 Å². The second kappa shape index (κ2) is 5.61. The third-order valence-electron chi connectivity index (χ3n) is 2.81. The summed E-state index contributed by atoms with van der Waals surface area (Å²) in [5.41, 5.74) is 0.637. The van der Waals surface area contributed by atoms with E-state index in [2.05, 4.69) is 0 Å². The number of rotatable bonds is 4. The fourth-order valence-corrected chi connectivity index (χ4v) is 2.65. The molecule has 1 unspecified atom stereocenters. The number of esters is 1. The van der Waals surface area contributed by atoms with Crippen molar-refractivity contribution in [3.63, 3.8) is 0 Å². The third kappa shape index (κ3) is 3.43. The molecule has 20 heavy (non-hydrogen) atoms. The summed E-state index contributed by atoms with van der Waals surface area (Å²) in [6.07, 6.45) is -0.441. The zero-order valence-electron chi connectivity index (χ0n) is 11.1. The lowest BCUT2D eigenvalue weighted by molar-refractivity contribution is -0.152. The largest absolute Gasteiger partial charge is 0.478 e. The van der Waals surface area contributed by atoms with Crippen molar-refractivity contribution < 1.29 is 22.7 Å². The van der Waals surface area contributed by atoms with Gasteiger partial charge in [-0.2, -0.15) is 0 Å². The molecule has 2 rings (SSSR count). The first-order valence-corrected chi connectivity index (χ1v) is 8.49. The molecule has 0 fully saturated rings. The molecular formula is C13H15ClO5S. The van der Waals surface area contributed by atoms with Crippen LogP contribution in [0.4, 0.5) is 0 Å².